The first-order chi connectivity index (χ1) is 16.1. The predicted molar refractivity (Wildman–Crippen MR) is 134 cm³/mol. The second-order valence-electron chi connectivity index (χ2n) is 9.53. The summed E-state index contributed by atoms with van der Waals surface area (Å²) in [5.41, 5.74) is 3.46. The number of methoxy groups -OCH3 is 1. The summed E-state index contributed by atoms with van der Waals surface area (Å²) in [5, 5.41) is 11.6. The minimum Gasteiger partial charge on any atom is -0.507 e. The normalized spacial score (nSPS) is 17.8. The molecule has 0 spiro atoms. The highest BCUT2D eigenvalue weighted by Gasteiger charge is 2.48. The Morgan fingerprint density at radius 3 is 2.24 bits per heavy atom. The van der Waals surface area contributed by atoms with Crippen LogP contribution in [0.2, 0.25) is 0 Å². The highest BCUT2D eigenvalue weighted by atomic mass is 16.5. The molecule has 0 bridgehead atoms. The third kappa shape index (κ3) is 3.98. The smallest absolute Gasteiger partial charge is 0.300 e. The minimum atomic E-state index is -0.837. The van der Waals surface area contributed by atoms with Gasteiger partial charge in [-0.2, -0.15) is 0 Å². The van der Waals surface area contributed by atoms with Crippen molar-refractivity contribution >= 4 is 23.1 Å². The van der Waals surface area contributed by atoms with Gasteiger partial charge < -0.3 is 9.84 Å². The molecule has 1 fully saturated rings. The molecule has 3 aromatic rings. The van der Waals surface area contributed by atoms with E-state index in [1.54, 1.807) is 25.3 Å². The number of amides is 1. The zero-order valence-corrected chi connectivity index (χ0v) is 20.1. The molecule has 1 unspecified atom stereocenters. The summed E-state index contributed by atoms with van der Waals surface area (Å²) in [5.74, 6) is -1.07. The molecule has 34 heavy (non-hydrogen) atoms. The molecule has 1 aliphatic heterocycles. The molecule has 1 amide bonds. The molecule has 0 saturated carbocycles. The van der Waals surface area contributed by atoms with Gasteiger partial charge in [0.05, 0.1) is 18.7 Å². The summed E-state index contributed by atoms with van der Waals surface area (Å²) >= 11 is 0. The number of aryl methyl sites for hydroxylation is 1. The Kier molecular flexibility index (Phi) is 6.05. The van der Waals surface area contributed by atoms with Gasteiger partial charge >= 0.3 is 0 Å². The van der Waals surface area contributed by atoms with Gasteiger partial charge in [-0.25, -0.2) is 0 Å². The lowest BCUT2D eigenvalue weighted by Gasteiger charge is -2.27. The number of para-hydroxylation sites is 2. The van der Waals surface area contributed by atoms with Gasteiger partial charge in [-0.3, -0.25) is 14.5 Å². The van der Waals surface area contributed by atoms with E-state index in [1.807, 2.05) is 61.5 Å². The standard InChI is InChI=1S/C29H29NO4/c1-18-15-16-19(29(2,3)4)17-22(18)26(31)24-25(21-13-9-10-14-23(21)34-5)30(28(33)27(24)32)20-11-7-6-8-12-20/h6-17,25,31H,1-5H3/b26-24+. The van der Waals surface area contributed by atoms with Gasteiger partial charge in [0, 0.05) is 16.8 Å². The van der Waals surface area contributed by atoms with Crippen LogP contribution >= 0.6 is 0 Å². The van der Waals surface area contributed by atoms with Crippen LogP contribution in [0.25, 0.3) is 5.76 Å². The predicted octanol–water partition coefficient (Wildman–Crippen LogP) is 5.93. The van der Waals surface area contributed by atoms with Crippen LogP contribution in [0, 0.1) is 6.92 Å². The number of aliphatic hydroxyl groups excluding tert-OH is 1. The first kappa shape index (κ1) is 23.3. The van der Waals surface area contributed by atoms with Crippen LogP contribution < -0.4 is 9.64 Å². The fraction of sp³-hybridized carbons (Fsp3) is 0.241. The van der Waals surface area contributed by atoms with Gasteiger partial charge in [-0.05, 0) is 47.7 Å². The van der Waals surface area contributed by atoms with E-state index >= 15 is 0 Å². The van der Waals surface area contributed by atoms with Crippen LogP contribution in [0.3, 0.4) is 0 Å². The Labute approximate surface area is 200 Å². The van der Waals surface area contributed by atoms with E-state index in [9.17, 15) is 14.7 Å². The summed E-state index contributed by atoms with van der Waals surface area (Å²) in [6.07, 6.45) is 0. The molecule has 1 atom stereocenters. The quantitative estimate of drug-likeness (QED) is 0.301. The van der Waals surface area contributed by atoms with E-state index < -0.39 is 17.7 Å². The van der Waals surface area contributed by atoms with E-state index in [0.29, 0.717) is 22.6 Å². The largest absolute Gasteiger partial charge is 0.507 e. The Bertz CT molecular complexity index is 1280. The molecule has 5 nitrogen and oxygen atoms in total. The Hall–Kier alpha value is -3.86. The lowest BCUT2D eigenvalue weighted by molar-refractivity contribution is -0.132. The van der Waals surface area contributed by atoms with Crippen molar-refractivity contribution in [3.8, 4) is 5.75 Å². The summed E-state index contributed by atoms with van der Waals surface area (Å²) in [6, 6.07) is 21.3. The van der Waals surface area contributed by atoms with Crippen LogP contribution in [0.15, 0.2) is 78.4 Å². The van der Waals surface area contributed by atoms with E-state index in [-0.39, 0.29) is 16.7 Å². The van der Waals surface area contributed by atoms with Crippen LogP contribution in [0.4, 0.5) is 5.69 Å². The van der Waals surface area contributed by atoms with Gasteiger partial charge in [0.25, 0.3) is 11.7 Å². The van der Waals surface area contributed by atoms with E-state index in [2.05, 4.69) is 20.8 Å². The van der Waals surface area contributed by atoms with Crippen molar-refractivity contribution in [1.29, 1.82) is 0 Å². The van der Waals surface area contributed by atoms with Crippen LogP contribution in [-0.4, -0.2) is 23.9 Å². The van der Waals surface area contributed by atoms with Crippen molar-refractivity contribution in [3.63, 3.8) is 0 Å². The number of rotatable bonds is 4. The summed E-state index contributed by atoms with van der Waals surface area (Å²) < 4.78 is 5.58. The van der Waals surface area contributed by atoms with Crippen molar-refractivity contribution < 1.29 is 19.4 Å². The van der Waals surface area contributed by atoms with Gasteiger partial charge in [0.2, 0.25) is 0 Å². The highest BCUT2D eigenvalue weighted by molar-refractivity contribution is 6.51. The zero-order chi connectivity index (χ0) is 24.6. The number of ether oxygens (including phenoxy) is 1. The molecular weight excluding hydrogens is 426 g/mol. The second-order valence-corrected chi connectivity index (χ2v) is 9.53. The van der Waals surface area contributed by atoms with E-state index in [1.165, 1.54) is 4.90 Å². The Morgan fingerprint density at radius 1 is 0.941 bits per heavy atom. The number of anilines is 1. The number of hydrogen-bond donors (Lipinski definition) is 1. The number of ketones is 1. The van der Waals surface area contributed by atoms with Gasteiger partial charge in [0.15, 0.2) is 0 Å². The molecule has 5 heteroatoms. The second kappa shape index (κ2) is 8.82. The van der Waals surface area contributed by atoms with E-state index in [0.717, 1.165) is 11.1 Å². The number of benzene rings is 3. The van der Waals surface area contributed by atoms with Crippen LogP contribution in [-0.2, 0) is 15.0 Å². The topological polar surface area (TPSA) is 66.8 Å². The third-order valence-electron chi connectivity index (χ3n) is 6.27. The molecule has 0 radical (unpaired) electrons. The highest BCUT2D eigenvalue weighted by Crippen LogP contribution is 2.45. The van der Waals surface area contributed by atoms with Crippen molar-refractivity contribution in [3.05, 3.63) is 101 Å². The molecule has 1 heterocycles. The summed E-state index contributed by atoms with van der Waals surface area (Å²) in [7, 11) is 1.55. The lowest BCUT2D eigenvalue weighted by Crippen LogP contribution is -2.29. The Morgan fingerprint density at radius 2 is 1.59 bits per heavy atom. The van der Waals surface area contributed by atoms with E-state index in [4.69, 9.17) is 4.74 Å². The van der Waals surface area contributed by atoms with Crippen LogP contribution in [0.1, 0.15) is 49.1 Å². The number of hydrogen-bond acceptors (Lipinski definition) is 4. The van der Waals surface area contributed by atoms with Gasteiger partial charge in [-0.15, -0.1) is 0 Å². The van der Waals surface area contributed by atoms with Crippen molar-refractivity contribution in [2.75, 3.05) is 12.0 Å². The van der Waals surface area contributed by atoms with Crippen molar-refractivity contribution in [2.45, 2.75) is 39.2 Å². The minimum absolute atomic E-state index is 0.0486. The molecule has 1 saturated heterocycles. The number of Topliss-reactive ketones (excluding diaryl/α,β-unsaturated/α-hetero) is 1. The average molecular weight is 456 g/mol. The zero-order valence-electron chi connectivity index (χ0n) is 20.1. The summed E-state index contributed by atoms with van der Waals surface area (Å²) in [4.78, 5) is 28.2. The fourth-order valence-electron chi connectivity index (χ4n) is 4.36. The SMILES string of the molecule is COc1ccccc1C1/C(=C(\O)c2cc(C(C)(C)C)ccc2C)C(=O)C(=O)N1c1ccccc1. The lowest BCUT2D eigenvalue weighted by atomic mass is 9.84. The van der Waals surface area contributed by atoms with Crippen LogP contribution in [0.5, 0.6) is 5.75 Å². The maximum absolute atomic E-state index is 13.4. The average Bonchev–Trinajstić information content (AvgIpc) is 3.09. The monoisotopic (exact) mass is 455 g/mol. The molecule has 0 aromatic heterocycles. The summed E-state index contributed by atoms with van der Waals surface area (Å²) in [6.45, 7) is 8.15. The Balaban J connectivity index is 2.01. The van der Waals surface area contributed by atoms with Crippen molar-refractivity contribution in [1.82, 2.24) is 0 Å². The number of aliphatic hydroxyl groups is 1. The maximum Gasteiger partial charge on any atom is 0.300 e. The molecule has 4 rings (SSSR count). The molecule has 1 N–H and O–H groups in total. The maximum atomic E-state index is 13.4. The molecule has 174 valence electrons. The van der Waals surface area contributed by atoms with Gasteiger partial charge in [0.1, 0.15) is 11.5 Å². The molecule has 1 aliphatic rings. The third-order valence-corrected chi connectivity index (χ3v) is 6.27. The first-order valence-corrected chi connectivity index (χ1v) is 11.3. The van der Waals surface area contributed by atoms with Gasteiger partial charge in [-0.1, -0.05) is 69.3 Å². The molecule has 0 aliphatic carbocycles. The molecule has 3 aromatic carbocycles. The number of nitrogens with zero attached hydrogens (tertiary/aromatic N) is 1. The van der Waals surface area contributed by atoms with Crippen molar-refractivity contribution in [2.24, 2.45) is 0 Å². The number of carbonyl (C=O) groups is 2. The first-order valence-electron chi connectivity index (χ1n) is 11.3. The molecular formula is C29H29NO4. The fourth-order valence-corrected chi connectivity index (χ4v) is 4.36. The number of carbonyl (C=O) groups excluding carboxylic acids is 2.